The molecular formula is C24H42O5S. The zero-order chi connectivity index (χ0) is 22.4. The van der Waals surface area contributed by atoms with Crippen molar-refractivity contribution in [1.82, 2.24) is 0 Å². The Morgan fingerprint density at radius 3 is 2.67 bits per heavy atom. The third-order valence-corrected chi connectivity index (χ3v) is 7.36. The second-order valence-electron chi connectivity index (χ2n) is 8.59. The lowest BCUT2D eigenvalue weighted by atomic mass is 9.89. The Morgan fingerprint density at radius 1 is 1.27 bits per heavy atom. The van der Waals surface area contributed by atoms with Crippen molar-refractivity contribution in [1.29, 1.82) is 0 Å². The summed E-state index contributed by atoms with van der Waals surface area (Å²) in [6.45, 7) is 3.84. The summed E-state index contributed by atoms with van der Waals surface area (Å²) in [5.41, 5.74) is 0. The van der Waals surface area contributed by atoms with Crippen LogP contribution in [0.25, 0.3) is 0 Å². The Hall–Kier alpha value is -0.850. The molecule has 1 saturated carbocycles. The molecule has 0 aromatic rings. The van der Waals surface area contributed by atoms with Gasteiger partial charge in [0.1, 0.15) is 5.78 Å². The number of allylic oxidation sites excluding steroid dienone is 2. The molecule has 0 spiro atoms. The summed E-state index contributed by atoms with van der Waals surface area (Å²) in [4.78, 5) is 22.6. The van der Waals surface area contributed by atoms with Crippen LogP contribution in [0.4, 0.5) is 0 Å². The van der Waals surface area contributed by atoms with E-state index in [1.165, 1.54) is 32.8 Å². The van der Waals surface area contributed by atoms with Crippen molar-refractivity contribution < 1.29 is 24.5 Å². The molecule has 2 N–H and O–H groups in total. The van der Waals surface area contributed by atoms with E-state index in [0.29, 0.717) is 24.5 Å². The molecule has 4 atom stereocenters. The first-order valence-electron chi connectivity index (χ1n) is 11.7. The van der Waals surface area contributed by atoms with Crippen LogP contribution in [0.1, 0.15) is 90.9 Å². The number of thioether (sulfide) groups is 1. The molecule has 0 aromatic heterocycles. The van der Waals surface area contributed by atoms with Crippen LogP contribution in [0.3, 0.4) is 0 Å². The fraction of sp³-hybridized carbons (Fsp3) is 0.833. The molecule has 0 saturated heterocycles. The molecule has 2 unspecified atom stereocenters. The number of Topliss-reactive ketones (excluding diaryl/α,β-unsaturated/α-hetero) is 1. The standard InChI is InChI=1S/C24H42O5S/c1-4-5-6-7-8-10-13-20-15-16-22(26)21(20)14-11-9-12-17-24(28,23(27)29-3)30-18-19(2)25/h10,13,19-21,25,28H,4-9,11-12,14-18H2,1-3H3/t19?,20-,21+,24?/m0/s1. The topological polar surface area (TPSA) is 83.8 Å². The summed E-state index contributed by atoms with van der Waals surface area (Å²) in [7, 11) is 1.26. The number of methoxy groups -OCH3 is 1. The first-order chi connectivity index (χ1) is 14.3. The van der Waals surface area contributed by atoms with E-state index in [9.17, 15) is 19.8 Å². The van der Waals surface area contributed by atoms with Gasteiger partial charge in [-0.2, -0.15) is 0 Å². The van der Waals surface area contributed by atoms with Crippen molar-refractivity contribution in [3.63, 3.8) is 0 Å². The zero-order valence-electron chi connectivity index (χ0n) is 19.1. The Kier molecular flexibility index (Phi) is 13.6. The third-order valence-electron chi connectivity index (χ3n) is 5.86. The lowest BCUT2D eigenvalue weighted by Gasteiger charge is -2.25. The highest BCUT2D eigenvalue weighted by Gasteiger charge is 2.37. The maximum absolute atomic E-state index is 12.3. The van der Waals surface area contributed by atoms with Crippen molar-refractivity contribution in [3.8, 4) is 0 Å². The maximum atomic E-state index is 12.3. The molecule has 0 aromatic carbocycles. The van der Waals surface area contributed by atoms with Gasteiger partial charge in [-0.25, -0.2) is 4.79 Å². The number of ketones is 1. The van der Waals surface area contributed by atoms with Crippen molar-refractivity contribution in [2.45, 2.75) is 102 Å². The van der Waals surface area contributed by atoms with E-state index in [2.05, 4.69) is 19.1 Å². The van der Waals surface area contributed by atoms with Crippen molar-refractivity contribution in [3.05, 3.63) is 12.2 Å². The first-order valence-corrected chi connectivity index (χ1v) is 12.6. The minimum Gasteiger partial charge on any atom is -0.466 e. The van der Waals surface area contributed by atoms with Crippen LogP contribution in [0.5, 0.6) is 0 Å². The van der Waals surface area contributed by atoms with E-state index in [0.717, 1.165) is 43.9 Å². The Labute approximate surface area is 187 Å². The van der Waals surface area contributed by atoms with Crippen LogP contribution in [0.15, 0.2) is 12.2 Å². The lowest BCUT2D eigenvalue weighted by molar-refractivity contribution is -0.153. The Morgan fingerprint density at radius 2 is 2.00 bits per heavy atom. The summed E-state index contributed by atoms with van der Waals surface area (Å²) in [6, 6.07) is 0. The van der Waals surface area contributed by atoms with Crippen LogP contribution in [0, 0.1) is 11.8 Å². The number of esters is 1. The summed E-state index contributed by atoms with van der Waals surface area (Å²) >= 11 is 1.03. The highest BCUT2D eigenvalue weighted by molar-refractivity contribution is 8.01. The summed E-state index contributed by atoms with van der Waals surface area (Å²) in [6.07, 6.45) is 15.3. The summed E-state index contributed by atoms with van der Waals surface area (Å²) in [5.74, 6) is 0.491. The molecule has 0 heterocycles. The van der Waals surface area contributed by atoms with Gasteiger partial charge < -0.3 is 14.9 Å². The fourth-order valence-corrected chi connectivity index (χ4v) is 5.06. The quantitative estimate of drug-likeness (QED) is 0.151. The predicted octanol–water partition coefficient (Wildman–Crippen LogP) is 5.03. The van der Waals surface area contributed by atoms with E-state index in [1.54, 1.807) is 6.92 Å². The predicted molar refractivity (Wildman–Crippen MR) is 123 cm³/mol. The number of ether oxygens (including phenoxy) is 1. The first kappa shape index (κ1) is 27.2. The van der Waals surface area contributed by atoms with Crippen molar-refractivity contribution in [2.75, 3.05) is 12.9 Å². The van der Waals surface area contributed by atoms with E-state index in [-0.39, 0.29) is 18.1 Å². The molecule has 1 aliphatic carbocycles. The number of rotatable bonds is 16. The van der Waals surface area contributed by atoms with Gasteiger partial charge in [-0.3, -0.25) is 4.79 Å². The minimum absolute atomic E-state index is 0.126. The van der Waals surface area contributed by atoms with Gasteiger partial charge in [0, 0.05) is 18.1 Å². The molecule has 30 heavy (non-hydrogen) atoms. The van der Waals surface area contributed by atoms with Crippen molar-refractivity contribution >= 4 is 23.5 Å². The monoisotopic (exact) mass is 442 g/mol. The number of unbranched alkanes of at least 4 members (excludes halogenated alkanes) is 6. The molecule has 0 radical (unpaired) electrons. The van der Waals surface area contributed by atoms with Gasteiger partial charge in [0.2, 0.25) is 4.93 Å². The van der Waals surface area contributed by atoms with Gasteiger partial charge in [-0.15, -0.1) is 11.8 Å². The van der Waals surface area contributed by atoms with Crippen LogP contribution < -0.4 is 0 Å². The highest BCUT2D eigenvalue weighted by atomic mass is 32.2. The van der Waals surface area contributed by atoms with Crippen LogP contribution in [-0.4, -0.2) is 45.9 Å². The molecule has 174 valence electrons. The highest BCUT2D eigenvalue weighted by Crippen LogP contribution is 2.35. The SMILES string of the molecule is CCCCCCC=C[C@H]1CCC(=O)[C@@H]1CCCCCC(O)(SCC(C)O)C(=O)OC. The van der Waals surface area contributed by atoms with Gasteiger partial charge in [0.25, 0.3) is 0 Å². The number of aliphatic hydroxyl groups excluding tert-OH is 1. The number of aliphatic hydroxyl groups is 2. The summed E-state index contributed by atoms with van der Waals surface area (Å²) < 4.78 is 4.74. The number of hydrogen-bond acceptors (Lipinski definition) is 6. The lowest BCUT2D eigenvalue weighted by Crippen LogP contribution is -2.37. The van der Waals surface area contributed by atoms with Gasteiger partial charge in [0.15, 0.2) is 0 Å². The Bertz CT molecular complexity index is 534. The van der Waals surface area contributed by atoms with Crippen molar-refractivity contribution in [2.24, 2.45) is 11.8 Å². The largest absolute Gasteiger partial charge is 0.466 e. The van der Waals surface area contributed by atoms with Gasteiger partial charge in [0.05, 0.1) is 13.2 Å². The molecule has 6 heteroatoms. The molecule has 0 amide bonds. The van der Waals surface area contributed by atoms with E-state index in [1.807, 2.05) is 0 Å². The van der Waals surface area contributed by atoms with Crippen LogP contribution >= 0.6 is 11.8 Å². The Balaban J connectivity index is 2.38. The van der Waals surface area contributed by atoms with Gasteiger partial charge >= 0.3 is 5.97 Å². The van der Waals surface area contributed by atoms with Crippen LogP contribution in [-0.2, 0) is 14.3 Å². The van der Waals surface area contributed by atoms with Gasteiger partial charge in [-0.05, 0) is 51.4 Å². The summed E-state index contributed by atoms with van der Waals surface area (Å²) in [5, 5.41) is 20.1. The van der Waals surface area contributed by atoms with Gasteiger partial charge in [-0.1, -0.05) is 51.2 Å². The second-order valence-corrected chi connectivity index (χ2v) is 9.89. The van der Waals surface area contributed by atoms with E-state index in [4.69, 9.17) is 4.74 Å². The minimum atomic E-state index is -1.61. The third kappa shape index (κ3) is 9.97. The maximum Gasteiger partial charge on any atom is 0.348 e. The zero-order valence-corrected chi connectivity index (χ0v) is 19.9. The molecule has 1 fully saturated rings. The normalized spacial score (nSPS) is 22.4. The average Bonchev–Trinajstić information content (AvgIpc) is 3.07. The van der Waals surface area contributed by atoms with E-state index < -0.39 is 17.0 Å². The molecule has 0 bridgehead atoms. The average molecular weight is 443 g/mol. The smallest absolute Gasteiger partial charge is 0.348 e. The number of hydrogen-bond donors (Lipinski definition) is 2. The molecule has 1 aliphatic rings. The molecule has 1 rings (SSSR count). The molecule has 0 aliphatic heterocycles. The molecular weight excluding hydrogens is 400 g/mol. The number of carbonyl (C=O) groups excluding carboxylic acids is 2. The second kappa shape index (κ2) is 15.0. The van der Waals surface area contributed by atoms with E-state index >= 15 is 0 Å². The number of carbonyl (C=O) groups is 2. The van der Waals surface area contributed by atoms with Crippen LogP contribution in [0.2, 0.25) is 0 Å². The molecule has 5 nitrogen and oxygen atoms in total. The fourth-order valence-electron chi connectivity index (χ4n) is 4.06.